The number of hydrogen-bond acceptors (Lipinski definition) is 3. The molecule has 9 aromatic rings. The molecule has 0 spiro atoms. The second-order valence-corrected chi connectivity index (χ2v) is 16.4. The molecule has 0 saturated heterocycles. The number of rotatable bonds is 3. The molecule has 0 saturated carbocycles. The van der Waals surface area contributed by atoms with E-state index in [-0.39, 0.29) is 10.8 Å². The summed E-state index contributed by atoms with van der Waals surface area (Å²) in [7, 11) is 0. The summed E-state index contributed by atoms with van der Waals surface area (Å²) in [6.07, 6.45) is 0. The predicted octanol–water partition coefficient (Wildman–Crippen LogP) is 12.7. The summed E-state index contributed by atoms with van der Waals surface area (Å²) < 4.78 is 3.92. The zero-order valence-corrected chi connectivity index (χ0v) is 30.3. The van der Waals surface area contributed by atoms with E-state index in [1.807, 2.05) is 11.3 Å². The SMILES string of the molecule is CC1(C)c2ccccc2-c2sc3c(ccc4c5c(n(-c6cccc(-c7nc(-c8ccccc8)c8ccccc8n7)c6)c43)-c3ccccc3C5(C)C)c21. The normalized spacial score (nSPS) is 14.8. The van der Waals surface area contributed by atoms with Gasteiger partial charge in [-0.1, -0.05) is 149 Å². The van der Waals surface area contributed by atoms with Gasteiger partial charge in [0.25, 0.3) is 0 Å². The number of thiophene rings is 1. The van der Waals surface area contributed by atoms with Gasteiger partial charge in [-0.3, -0.25) is 0 Å². The summed E-state index contributed by atoms with van der Waals surface area (Å²) >= 11 is 1.96. The molecule has 0 fully saturated rings. The number of fused-ring (bicyclic) bond motifs is 12. The Balaban J connectivity index is 1.22. The van der Waals surface area contributed by atoms with Crippen LogP contribution in [0.4, 0.5) is 0 Å². The predicted molar refractivity (Wildman–Crippen MR) is 218 cm³/mol. The van der Waals surface area contributed by atoms with Gasteiger partial charge in [0.15, 0.2) is 5.82 Å². The van der Waals surface area contributed by atoms with Gasteiger partial charge in [-0.05, 0) is 51.4 Å². The summed E-state index contributed by atoms with van der Waals surface area (Å²) in [4.78, 5) is 11.8. The smallest absolute Gasteiger partial charge is 0.160 e. The van der Waals surface area contributed by atoms with Crippen molar-refractivity contribution in [2.75, 3.05) is 0 Å². The number of nitrogens with zero attached hydrogens (tertiary/aromatic N) is 3. The summed E-state index contributed by atoms with van der Waals surface area (Å²) in [5, 5.41) is 3.74. The van der Waals surface area contributed by atoms with E-state index in [4.69, 9.17) is 9.97 Å². The first kappa shape index (κ1) is 29.8. The van der Waals surface area contributed by atoms with Crippen molar-refractivity contribution in [3.63, 3.8) is 0 Å². The van der Waals surface area contributed by atoms with Crippen LogP contribution in [0.2, 0.25) is 0 Å². The van der Waals surface area contributed by atoms with Crippen molar-refractivity contribution in [1.82, 2.24) is 14.5 Å². The van der Waals surface area contributed by atoms with Crippen molar-refractivity contribution >= 4 is 43.2 Å². The van der Waals surface area contributed by atoms with Gasteiger partial charge in [0, 0.05) is 48.9 Å². The molecule has 52 heavy (non-hydrogen) atoms. The lowest BCUT2D eigenvalue weighted by molar-refractivity contribution is 0.666. The molecule has 2 aliphatic carbocycles. The van der Waals surface area contributed by atoms with Crippen LogP contribution >= 0.6 is 11.3 Å². The van der Waals surface area contributed by atoms with E-state index in [1.54, 1.807) is 0 Å². The van der Waals surface area contributed by atoms with E-state index in [0.717, 1.165) is 39.2 Å². The van der Waals surface area contributed by atoms with Gasteiger partial charge in [-0.2, -0.15) is 0 Å². The van der Waals surface area contributed by atoms with Crippen molar-refractivity contribution in [3.05, 3.63) is 162 Å². The minimum absolute atomic E-state index is 0.0757. The van der Waals surface area contributed by atoms with Gasteiger partial charge in [0.2, 0.25) is 0 Å². The highest BCUT2D eigenvalue weighted by atomic mass is 32.1. The molecule has 248 valence electrons. The molecular formula is C48H35N3S. The average Bonchev–Trinajstić information content (AvgIpc) is 3.87. The maximum atomic E-state index is 5.26. The molecule has 0 amide bonds. The number of para-hydroxylation sites is 1. The standard InChI is InChI=1S/C48H35N3S/c1-47(2)36-22-11-8-19-31(36)42-39(47)34-25-26-35-40-44(32-20-9-12-23-37(32)48(40,3)4)52-45(35)43(34)51(42)30-18-14-17-29(27-30)46-49-38-24-13-10-21-33(38)41(50-46)28-15-6-5-7-16-28/h5-27H,1-4H3. The molecule has 0 unspecified atom stereocenters. The summed E-state index contributed by atoms with van der Waals surface area (Å²) in [5.41, 5.74) is 15.8. The van der Waals surface area contributed by atoms with E-state index in [2.05, 4.69) is 172 Å². The van der Waals surface area contributed by atoms with Crippen molar-refractivity contribution in [3.8, 4) is 50.0 Å². The van der Waals surface area contributed by atoms with E-state index >= 15 is 0 Å². The molecule has 11 rings (SSSR count). The van der Waals surface area contributed by atoms with E-state index in [1.165, 1.54) is 64.9 Å². The monoisotopic (exact) mass is 685 g/mol. The van der Waals surface area contributed by atoms with Crippen LogP contribution in [0.25, 0.3) is 81.9 Å². The second-order valence-electron chi connectivity index (χ2n) is 15.4. The molecule has 0 N–H and O–H groups in total. The van der Waals surface area contributed by atoms with Crippen LogP contribution in [-0.2, 0) is 10.8 Å². The third kappa shape index (κ3) is 3.85. The number of aromatic nitrogens is 3. The van der Waals surface area contributed by atoms with E-state index < -0.39 is 0 Å². The Morgan fingerprint density at radius 1 is 0.538 bits per heavy atom. The lowest BCUT2D eigenvalue weighted by atomic mass is 9.80. The minimum atomic E-state index is -0.154. The van der Waals surface area contributed by atoms with Crippen molar-refractivity contribution in [1.29, 1.82) is 0 Å². The Labute approximate surface area is 306 Å². The van der Waals surface area contributed by atoms with Crippen LogP contribution in [0.1, 0.15) is 49.9 Å². The van der Waals surface area contributed by atoms with Crippen LogP contribution in [0.5, 0.6) is 0 Å². The third-order valence-electron chi connectivity index (χ3n) is 11.7. The number of hydrogen-bond donors (Lipinski definition) is 0. The molecule has 3 aromatic heterocycles. The van der Waals surface area contributed by atoms with Crippen LogP contribution in [-0.4, -0.2) is 14.5 Å². The molecule has 0 radical (unpaired) electrons. The lowest BCUT2D eigenvalue weighted by Crippen LogP contribution is -2.15. The Hall–Kier alpha value is -5.84. The number of benzene rings is 6. The molecule has 0 aliphatic heterocycles. The topological polar surface area (TPSA) is 30.7 Å². The first-order valence-corrected chi connectivity index (χ1v) is 18.9. The van der Waals surface area contributed by atoms with Gasteiger partial charge >= 0.3 is 0 Å². The molecule has 2 aliphatic rings. The Bertz CT molecular complexity index is 2960. The summed E-state index contributed by atoms with van der Waals surface area (Å²) in [6, 6.07) is 50.5. The quantitative estimate of drug-likeness (QED) is 0.185. The maximum Gasteiger partial charge on any atom is 0.160 e. The molecule has 4 heteroatoms. The van der Waals surface area contributed by atoms with Crippen molar-refractivity contribution < 1.29 is 0 Å². The molecular weight excluding hydrogens is 651 g/mol. The lowest BCUT2D eigenvalue weighted by Gasteiger charge is -2.22. The molecule has 0 bridgehead atoms. The van der Waals surface area contributed by atoms with Crippen LogP contribution in [0.15, 0.2) is 140 Å². The fraction of sp³-hybridized carbons (Fsp3) is 0.125. The summed E-state index contributed by atoms with van der Waals surface area (Å²) in [5.74, 6) is 0.729. The largest absolute Gasteiger partial charge is 0.307 e. The van der Waals surface area contributed by atoms with E-state index in [0.29, 0.717) is 0 Å². The molecule has 3 nitrogen and oxygen atoms in total. The van der Waals surface area contributed by atoms with Gasteiger partial charge in [-0.25, -0.2) is 9.97 Å². The highest BCUT2D eigenvalue weighted by Gasteiger charge is 2.43. The average molecular weight is 686 g/mol. The molecule has 3 heterocycles. The van der Waals surface area contributed by atoms with Gasteiger partial charge in [0.05, 0.1) is 27.1 Å². The highest BCUT2D eigenvalue weighted by molar-refractivity contribution is 7.23. The fourth-order valence-corrected chi connectivity index (χ4v) is 11.0. The Morgan fingerprint density at radius 3 is 2.02 bits per heavy atom. The van der Waals surface area contributed by atoms with Crippen LogP contribution in [0, 0.1) is 0 Å². The van der Waals surface area contributed by atoms with Gasteiger partial charge < -0.3 is 4.57 Å². The first-order chi connectivity index (χ1) is 25.3. The van der Waals surface area contributed by atoms with Crippen LogP contribution in [0.3, 0.4) is 0 Å². The van der Waals surface area contributed by atoms with Crippen LogP contribution < -0.4 is 0 Å². The van der Waals surface area contributed by atoms with E-state index in [9.17, 15) is 0 Å². The zero-order valence-electron chi connectivity index (χ0n) is 29.5. The fourth-order valence-electron chi connectivity index (χ4n) is 9.41. The summed E-state index contributed by atoms with van der Waals surface area (Å²) in [6.45, 7) is 9.57. The molecule has 0 atom stereocenters. The minimum Gasteiger partial charge on any atom is -0.307 e. The van der Waals surface area contributed by atoms with Crippen molar-refractivity contribution in [2.24, 2.45) is 0 Å². The first-order valence-electron chi connectivity index (χ1n) is 18.1. The zero-order chi connectivity index (χ0) is 34.9. The van der Waals surface area contributed by atoms with Gasteiger partial charge in [0.1, 0.15) is 0 Å². The Morgan fingerprint density at radius 2 is 1.19 bits per heavy atom. The second kappa shape index (κ2) is 10.4. The Kier molecular flexibility index (Phi) is 5.95. The van der Waals surface area contributed by atoms with Gasteiger partial charge in [-0.15, -0.1) is 11.3 Å². The van der Waals surface area contributed by atoms with Crippen molar-refractivity contribution in [2.45, 2.75) is 38.5 Å². The maximum absolute atomic E-state index is 5.26. The third-order valence-corrected chi connectivity index (χ3v) is 13.0. The molecule has 6 aromatic carbocycles. The highest BCUT2D eigenvalue weighted by Crippen LogP contribution is 2.59.